The molecule has 1 saturated heterocycles. The Morgan fingerprint density at radius 2 is 1.95 bits per heavy atom. The summed E-state index contributed by atoms with van der Waals surface area (Å²) in [6.07, 6.45) is 2.34. The van der Waals surface area contributed by atoms with Crippen LogP contribution in [0.2, 0.25) is 0 Å². The van der Waals surface area contributed by atoms with Crippen molar-refractivity contribution in [3.05, 3.63) is 11.8 Å². The molecule has 0 atom stereocenters. The van der Waals surface area contributed by atoms with Crippen molar-refractivity contribution < 1.29 is 17.9 Å². The van der Waals surface area contributed by atoms with Crippen LogP contribution in [0.4, 0.5) is 4.79 Å². The molecule has 1 aliphatic heterocycles. The minimum absolute atomic E-state index is 0.137. The molecule has 2 fully saturated rings. The lowest BCUT2D eigenvalue weighted by Gasteiger charge is -2.23. The van der Waals surface area contributed by atoms with Gasteiger partial charge in [0.1, 0.15) is 5.60 Å². The third kappa shape index (κ3) is 3.79. The Kier molecular flexibility index (Phi) is 4.25. The van der Waals surface area contributed by atoms with Crippen LogP contribution in [0, 0.1) is 5.41 Å². The van der Waals surface area contributed by atoms with Crippen LogP contribution in [0.3, 0.4) is 0 Å². The average Bonchev–Trinajstić information content (AvgIpc) is 3.14. The fourth-order valence-corrected chi connectivity index (χ4v) is 3.59. The summed E-state index contributed by atoms with van der Waals surface area (Å²) < 4.78 is 30.6. The molecule has 22 heavy (non-hydrogen) atoms. The zero-order chi connectivity index (χ0) is 16.7. The van der Waals surface area contributed by atoms with Crippen LogP contribution >= 0.6 is 0 Å². The highest BCUT2D eigenvalue weighted by atomic mass is 32.2. The summed E-state index contributed by atoms with van der Waals surface area (Å²) in [4.78, 5) is 13.4. The van der Waals surface area contributed by atoms with Gasteiger partial charge in [0.2, 0.25) is 10.0 Å². The number of ether oxygens (including phenoxy) is 1. The maximum absolute atomic E-state index is 12.1. The van der Waals surface area contributed by atoms with Gasteiger partial charge in [0.15, 0.2) is 0 Å². The van der Waals surface area contributed by atoms with Gasteiger partial charge in [0.05, 0.1) is 24.1 Å². The molecule has 1 amide bonds. The van der Waals surface area contributed by atoms with Crippen molar-refractivity contribution in [1.82, 2.24) is 9.21 Å². The second-order valence-corrected chi connectivity index (χ2v) is 9.00. The first-order valence-corrected chi connectivity index (χ1v) is 8.74. The molecule has 0 bridgehead atoms. The highest BCUT2D eigenvalue weighted by Crippen LogP contribution is 2.31. The summed E-state index contributed by atoms with van der Waals surface area (Å²) >= 11 is 0. The van der Waals surface area contributed by atoms with Crippen molar-refractivity contribution in [2.75, 3.05) is 20.1 Å². The molecule has 1 aliphatic carbocycles. The van der Waals surface area contributed by atoms with Gasteiger partial charge in [-0.25, -0.2) is 13.2 Å². The Morgan fingerprint density at radius 1 is 1.36 bits per heavy atom. The summed E-state index contributed by atoms with van der Waals surface area (Å²) in [6.45, 7) is 5.66. The van der Waals surface area contributed by atoms with Crippen LogP contribution < -0.4 is 0 Å². The van der Waals surface area contributed by atoms with Crippen molar-refractivity contribution in [2.45, 2.75) is 44.5 Å². The Labute approximate surface area is 131 Å². The van der Waals surface area contributed by atoms with Crippen LogP contribution in [0.5, 0.6) is 0 Å². The molecule has 0 spiro atoms. The van der Waals surface area contributed by atoms with E-state index in [4.69, 9.17) is 10.1 Å². The third-order valence-electron chi connectivity index (χ3n) is 3.43. The monoisotopic (exact) mass is 329 g/mol. The molecule has 0 unspecified atom stereocenters. The largest absolute Gasteiger partial charge is 0.444 e. The van der Waals surface area contributed by atoms with E-state index in [1.165, 1.54) is 22.5 Å². The second kappa shape index (κ2) is 5.57. The van der Waals surface area contributed by atoms with Crippen molar-refractivity contribution in [3.63, 3.8) is 0 Å². The van der Waals surface area contributed by atoms with E-state index in [9.17, 15) is 13.2 Å². The Bertz CT molecular complexity index is 614. The molecular formula is C14H23N3O4S. The Morgan fingerprint density at radius 3 is 2.45 bits per heavy atom. The normalized spacial score (nSPS) is 21.4. The van der Waals surface area contributed by atoms with E-state index < -0.39 is 21.7 Å². The van der Waals surface area contributed by atoms with Crippen LogP contribution in [0.25, 0.3) is 0 Å². The summed E-state index contributed by atoms with van der Waals surface area (Å²) in [5.74, 6) is 0. The van der Waals surface area contributed by atoms with Gasteiger partial charge in [0, 0.05) is 18.8 Å². The van der Waals surface area contributed by atoms with Crippen molar-refractivity contribution in [2.24, 2.45) is 0 Å². The number of amides is 1. The highest BCUT2D eigenvalue weighted by molar-refractivity contribution is 7.90. The van der Waals surface area contributed by atoms with E-state index in [1.807, 2.05) is 0 Å². The average molecular weight is 329 g/mol. The van der Waals surface area contributed by atoms with Crippen molar-refractivity contribution in [3.8, 4) is 0 Å². The molecule has 8 heteroatoms. The SMILES string of the molecule is CN(/C=C1/CN(C(=O)OC(C)(C)C)CC1=N)S(=O)(=O)C1CC1. The fraction of sp³-hybridized carbons (Fsp3) is 0.714. The molecule has 7 nitrogen and oxygen atoms in total. The second-order valence-electron chi connectivity index (χ2n) is 6.73. The van der Waals surface area contributed by atoms with Crippen molar-refractivity contribution >= 4 is 21.8 Å². The molecule has 0 aromatic heterocycles. The molecule has 2 aliphatic rings. The lowest BCUT2D eigenvalue weighted by Crippen LogP contribution is -2.35. The molecule has 1 heterocycles. The van der Waals surface area contributed by atoms with Crippen LogP contribution in [0.1, 0.15) is 33.6 Å². The van der Waals surface area contributed by atoms with Gasteiger partial charge >= 0.3 is 6.09 Å². The Hall–Kier alpha value is -1.57. The summed E-state index contributed by atoms with van der Waals surface area (Å²) in [5, 5.41) is 7.64. The van der Waals surface area contributed by atoms with Crippen LogP contribution in [-0.2, 0) is 14.8 Å². The predicted molar refractivity (Wildman–Crippen MR) is 83.3 cm³/mol. The number of likely N-dealkylation sites (tertiary alicyclic amines) is 1. The number of carbonyl (C=O) groups excluding carboxylic acids is 1. The van der Waals surface area contributed by atoms with Crippen LogP contribution in [-0.4, -0.2) is 60.4 Å². The first-order chi connectivity index (χ1) is 10.0. The van der Waals surface area contributed by atoms with Gasteiger partial charge in [0.25, 0.3) is 0 Å². The number of hydrogen-bond acceptors (Lipinski definition) is 5. The lowest BCUT2D eigenvalue weighted by molar-refractivity contribution is 0.0309. The van der Waals surface area contributed by atoms with Gasteiger partial charge < -0.3 is 10.1 Å². The minimum atomic E-state index is -3.32. The number of carbonyl (C=O) groups is 1. The van der Waals surface area contributed by atoms with Crippen LogP contribution in [0.15, 0.2) is 11.8 Å². The summed E-state index contributed by atoms with van der Waals surface area (Å²) in [5.41, 5.74) is 0.166. The summed E-state index contributed by atoms with van der Waals surface area (Å²) in [6, 6.07) is 0. The van der Waals surface area contributed by atoms with Gasteiger partial charge in [-0.3, -0.25) is 9.21 Å². The van der Waals surface area contributed by atoms with Gasteiger partial charge in [-0.05, 0) is 33.6 Å². The maximum Gasteiger partial charge on any atom is 0.410 e. The zero-order valence-corrected chi connectivity index (χ0v) is 14.2. The predicted octanol–water partition coefficient (Wildman–Crippen LogP) is 1.56. The smallest absolute Gasteiger partial charge is 0.410 e. The topological polar surface area (TPSA) is 90.8 Å². The van der Waals surface area contributed by atoms with Crippen molar-refractivity contribution in [1.29, 1.82) is 5.41 Å². The van der Waals surface area contributed by atoms with E-state index in [1.54, 1.807) is 20.8 Å². The maximum atomic E-state index is 12.1. The first kappa shape index (κ1) is 16.8. The first-order valence-electron chi connectivity index (χ1n) is 7.24. The fourth-order valence-electron chi connectivity index (χ4n) is 2.12. The molecule has 2 rings (SSSR count). The minimum Gasteiger partial charge on any atom is -0.444 e. The van der Waals surface area contributed by atoms with E-state index in [0.717, 1.165) is 0 Å². The standard InChI is InChI=1S/C14H23N3O4S/c1-14(2,3)21-13(18)17-8-10(12(15)9-17)7-16(4)22(19,20)11-5-6-11/h7,11,15H,5-6,8-9H2,1-4H3/b10-7-,15-12?. The quantitative estimate of drug-likeness (QED) is 0.851. The molecule has 0 aromatic rings. The number of rotatable bonds is 3. The molecule has 1 saturated carbocycles. The highest BCUT2D eigenvalue weighted by Gasteiger charge is 2.38. The molecule has 124 valence electrons. The van der Waals surface area contributed by atoms with Gasteiger partial charge in [-0.2, -0.15) is 0 Å². The van der Waals surface area contributed by atoms with E-state index in [0.29, 0.717) is 18.4 Å². The number of nitrogens with one attached hydrogen (secondary N) is 1. The zero-order valence-electron chi connectivity index (χ0n) is 13.4. The Balaban J connectivity index is 2.06. The number of hydrogen-bond donors (Lipinski definition) is 1. The van der Waals surface area contributed by atoms with E-state index >= 15 is 0 Å². The van der Waals surface area contributed by atoms with E-state index in [-0.39, 0.29) is 24.1 Å². The van der Waals surface area contributed by atoms with Gasteiger partial charge in [-0.1, -0.05) is 0 Å². The number of sulfonamides is 1. The lowest BCUT2D eigenvalue weighted by atomic mass is 10.2. The van der Waals surface area contributed by atoms with E-state index in [2.05, 4.69) is 0 Å². The summed E-state index contributed by atoms with van der Waals surface area (Å²) in [7, 11) is -1.84. The molecule has 0 aromatic carbocycles. The molecular weight excluding hydrogens is 306 g/mol. The number of nitrogens with zero attached hydrogens (tertiary/aromatic N) is 2. The molecule has 0 radical (unpaired) electrons. The molecule has 1 N–H and O–H groups in total. The third-order valence-corrected chi connectivity index (χ3v) is 5.66. The van der Waals surface area contributed by atoms with Gasteiger partial charge in [-0.15, -0.1) is 0 Å².